The molecule has 0 bridgehead atoms. The van der Waals surface area contributed by atoms with Gasteiger partial charge in [-0.15, -0.1) is 0 Å². The Morgan fingerprint density at radius 1 is 1.22 bits per heavy atom. The van der Waals surface area contributed by atoms with Crippen molar-refractivity contribution >= 4 is 11.6 Å². The molecular weight excluding hydrogens is 224 g/mol. The minimum absolute atomic E-state index is 0.378. The minimum atomic E-state index is 0.378. The number of hydrogen-bond donors (Lipinski definition) is 2. The Bertz CT molecular complexity index is 429. The Hall–Kier alpha value is -1.55. The van der Waals surface area contributed by atoms with Crippen LogP contribution in [0.25, 0.3) is 0 Å². The van der Waals surface area contributed by atoms with E-state index in [4.69, 9.17) is 5.73 Å². The zero-order chi connectivity index (χ0) is 12.4. The van der Waals surface area contributed by atoms with Gasteiger partial charge in [0.1, 0.15) is 0 Å². The predicted octanol–water partition coefficient (Wildman–Crippen LogP) is 1.65. The van der Waals surface area contributed by atoms with Gasteiger partial charge in [0.05, 0.1) is 6.04 Å². The number of rotatable bonds is 2. The largest absolute Gasteiger partial charge is 0.370 e. The normalized spacial score (nSPS) is 28.3. The summed E-state index contributed by atoms with van der Waals surface area (Å²) in [5.74, 6) is 0.542. The summed E-state index contributed by atoms with van der Waals surface area (Å²) in [4.78, 5) is 7.20. The molecule has 0 aliphatic carbocycles. The number of aliphatic imine (C=N–C) groups is 1. The molecule has 0 saturated carbocycles. The Morgan fingerprint density at radius 3 is 2.89 bits per heavy atom. The Balaban J connectivity index is 1.65. The van der Waals surface area contributed by atoms with E-state index in [2.05, 4.69) is 15.2 Å². The van der Waals surface area contributed by atoms with E-state index in [1.165, 1.54) is 25.9 Å². The minimum Gasteiger partial charge on any atom is -0.370 e. The fourth-order valence-corrected chi connectivity index (χ4v) is 3.09. The van der Waals surface area contributed by atoms with Gasteiger partial charge in [0, 0.05) is 18.3 Å². The summed E-state index contributed by atoms with van der Waals surface area (Å²) in [5.41, 5.74) is 6.99. The molecule has 0 spiro atoms. The summed E-state index contributed by atoms with van der Waals surface area (Å²) >= 11 is 0. The number of guanidine groups is 1. The van der Waals surface area contributed by atoms with Crippen LogP contribution in [0.5, 0.6) is 0 Å². The van der Waals surface area contributed by atoms with Gasteiger partial charge in [-0.3, -0.25) is 4.90 Å². The summed E-state index contributed by atoms with van der Waals surface area (Å²) in [6.45, 7) is 2.42. The van der Waals surface area contributed by atoms with Gasteiger partial charge in [-0.2, -0.15) is 0 Å². The molecule has 0 radical (unpaired) electrons. The van der Waals surface area contributed by atoms with Gasteiger partial charge in [-0.1, -0.05) is 18.2 Å². The predicted molar refractivity (Wildman–Crippen MR) is 74.7 cm³/mol. The van der Waals surface area contributed by atoms with Gasteiger partial charge in [-0.25, -0.2) is 4.99 Å². The first-order chi connectivity index (χ1) is 8.83. The van der Waals surface area contributed by atoms with E-state index in [9.17, 15) is 0 Å². The third-order valence-electron chi connectivity index (χ3n) is 3.92. The fourth-order valence-electron chi connectivity index (χ4n) is 3.09. The van der Waals surface area contributed by atoms with Crippen LogP contribution in [0.15, 0.2) is 35.3 Å². The van der Waals surface area contributed by atoms with Crippen molar-refractivity contribution in [2.45, 2.75) is 31.3 Å². The molecule has 1 aromatic carbocycles. The molecule has 3 rings (SSSR count). The van der Waals surface area contributed by atoms with Crippen molar-refractivity contribution in [1.29, 1.82) is 0 Å². The molecule has 18 heavy (non-hydrogen) atoms. The number of hydrogen-bond acceptors (Lipinski definition) is 2. The van der Waals surface area contributed by atoms with E-state index in [-0.39, 0.29) is 0 Å². The van der Waals surface area contributed by atoms with Crippen molar-refractivity contribution in [1.82, 2.24) is 4.90 Å². The third-order valence-corrected chi connectivity index (χ3v) is 3.92. The van der Waals surface area contributed by atoms with Crippen LogP contribution in [0.4, 0.5) is 5.69 Å². The Labute approximate surface area is 108 Å². The van der Waals surface area contributed by atoms with Crippen LogP contribution in [0.1, 0.15) is 19.3 Å². The zero-order valence-corrected chi connectivity index (χ0v) is 10.5. The monoisotopic (exact) mass is 244 g/mol. The highest BCUT2D eigenvalue weighted by Gasteiger charge is 2.37. The van der Waals surface area contributed by atoms with Gasteiger partial charge >= 0.3 is 0 Å². The van der Waals surface area contributed by atoms with Crippen molar-refractivity contribution in [3.63, 3.8) is 0 Å². The van der Waals surface area contributed by atoms with Crippen LogP contribution in [-0.2, 0) is 0 Å². The molecule has 2 aliphatic rings. The zero-order valence-electron chi connectivity index (χ0n) is 10.5. The lowest BCUT2D eigenvalue weighted by molar-refractivity contribution is 0.314. The molecule has 2 aliphatic heterocycles. The quantitative estimate of drug-likeness (QED) is 0.614. The number of nitrogens with zero attached hydrogens (tertiary/aromatic N) is 2. The number of nitrogens with two attached hydrogens (primary N) is 1. The molecule has 0 amide bonds. The van der Waals surface area contributed by atoms with E-state index >= 15 is 0 Å². The SMILES string of the molecule is NC(=NC1CCN2CCCC12)Nc1ccccc1. The molecule has 1 aromatic rings. The summed E-state index contributed by atoms with van der Waals surface area (Å²) in [6, 6.07) is 11.0. The maximum absolute atomic E-state index is 5.99. The van der Waals surface area contributed by atoms with E-state index < -0.39 is 0 Å². The average molecular weight is 244 g/mol. The first kappa shape index (κ1) is 11.5. The van der Waals surface area contributed by atoms with Crippen LogP contribution in [0.3, 0.4) is 0 Å². The second kappa shape index (κ2) is 4.98. The summed E-state index contributed by atoms with van der Waals surface area (Å²) in [7, 11) is 0. The molecule has 96 valence electrons. The lowest BCUT2D eigenvalue weighted by Crippen LogP contribution is -2.31. The number of benzene rings is 1. The number of para-hydroxylation sites is 1. The van der Waals surface area contributed by atoms with Gasteiger partial charge in [-0.05, 0) is 37.9 Å². The van der Waals surface area contributed by atoms with Gasteiger partial charge in [0.15, 0.2) is 5.96 Å². The highest BCUT2D eigenvalue weighted by atomic mass is 15.2. The van der Waals surface area contributed by atoms with Gasteiger partial charge < -0.3 is 11.1 Å². The lowest BCUT2D eigenvalue weighted by Gasteiger charge is -2.17. The molecule has 2 saturated heterocycles. The second-order valence-electron chi connectivity index (χ2n) is 5.11. The lowest BCUT2D eigenvalue weighted by atomic mass is 10.1. The number of fused-ring (bicyclic) bond motifs is 1. The van der Waals surface area contributed by atoms with Crippen LogP contribution in [0, 0.1) is 0 Å². The van der Waals surface area contributed by atoms with Crippen molar-refractivity contribution in [3.05, 3.63) is 30.3 Å². The average Bonchev–Trinajstić information content (AvgIpc) is 2.95. The Morgan fingerprint density at radius 2 is 2.06 bits per heavy atom. The van der Waals surface area contributed by atoms with Crippen molar-refractivity contribution < 1.29 is 0 Å². The molecule has 0 aromatic heterocycles. The van der Waals surface area contributed by atoms with Crippen LogP contribution in [0.2, 0.25) is 0 Å². The van der Waals surface area contributed by atoms with Crippen molar-refractivity contribution in [2.75, 3.05) is 18.4 Å². The summed E-state index contributed by atoms with van der Waals surface area (Å²) in [5, 5.41) is 3.16. The first-order valence-electron chi connectivity index (χ1n) is 6.72. The molecular formula is C14H20N4. The molecule has 4 nitrogen and oxygen atoms in total. The molecule has 4 heteroatoms. The molecule has 2 heterocycles. The van der Waals surface area contributed by atoms with E-state index in [1.807, 2.05) is 30.3 Å². The van der Waals surface area contributed by atoms with E-state index in [0.29, 0.717) is 18.0 Å². The number of anilines is 1. The fraction of sp³-hybridized carbons (Fsp3) is 0.500. The number of nitrogens with one attached hydrogen (secondary N) is 1. The molecule has 2 fully saturated rings. The molecule has 3 N–H and O–H groups in total. The van der Waals surface area contributed by atoms with Crippen LogP contribution in [-0.4, -0.2) is 36.0 Å². The maximum Gasteiger partial charge on any atom is 0.193 e. The molecule has 2 unspecified atom stereocenters. The Kier molecular flexibility index (Phi) is 3.19. The van der Waals surface area contributed by atoms with Crippen LogP contribution < -0.4 is 11.1 Å². The maximum atomic E-state index is 5.99. The highest BCUT2D eigenvalue weighted by Crippen LogP contribution is 2.29. The van der Waals surface area contributed by atoms with Crippen molar-refractivity contribution in [2.24, 2.45) is 10.7 Å². The standard InChI is InChI=1S/C14H20N4/c15-14(16-11-5-2-1-3-6-11)17-12-8-10-18-9-4-7-13(12)18/h1-3,5-6,12-13H,4,7-10H2,(H3,15,16,17). The highest BCUT2D eigenvalue weighted by molar-refractivity contribution is 5.92. The topological polar surface area (TPSA) is 53.6 Å². The van der Waals surface area contributed by atoms with Gasteiger partial charge in [0.25, 0.3) is 0 Å². The summed E-state index contributed by atoms with van der Waals surface area (Å²) < 4.78 is 0. The van der Waals surface area contributed by atoms with Crippen LogP contribution >= 0.6 is 0 Å². The van der Waals surface area contributed by atoms with E-state index in [1.54, 1.807) is 0 Å². The van der Waals surface area contributed by atoms with Gasteiger partial charge in [0.2, 0.25) is 0 Å². The third kappa shape index (κ3) is 2.34. The first-order valence-corrected chi connectivity index (χ1v) is 6.72. The van der Waals surface area contributed by atoms with Crippen molar-refractivity contribution in [3.8, 4) is 0 Å². The van der Waals surface area contributed by atoms with E-state index in [0.717, 1.165) is 12.1 Å². The smallest absolute Gasteiger partial charge is 0.193 e. The molecule has 2 atom stereocenters. The second-order valence-corrected chi connectivity index (χ2v) is 5.11. The summed E-state index contributed by atoms with van der Waals surface area (Å²) in [6.07, 6.45) is 3.72.